The van der Waals surface area contributed by atoms with E-state index in [9.17, 15) is 18.4 Å². The van der Waals surface area contributed by atoms with E-state index in [4.69, 9.17) is 11.6 Å². The number of nitrogens with zero attached hydrogens (tertiary/aromatic N) is 1. The SMILES string of the molecule is O=C1CC(NCCc2ccccc2)C(=O)N1c1ccc(OC(F)(F)Cl)cc1. The number of nitrogens with one attached hydrogen (secondary N) is 1. The summed E-state index contributed by atoms with van der Waals surface area (Å²) >= 11 is 4.71. The third kappa shape index (κ3) is 5.02. The van der Waals surface area contributed by atoms with Crippen molar-refractivity contribution < 1.29 is 23.1 Å². The predicted octanol–water partition coefficient (Wildman–Crippen LogP) is 3.32. The zero-order chi connectivity index (χ0) is 19.4. The number of anilines is 1. The number of rotatable bonds is 7. The van der Waals surface area contributed by atoms with Gasteiger partial charge in [0.2, 0.25) is 5.91 Å². The van der Waals surface area contributed by atoms with Crippen LogP contribution >= 0.6 is 11.6 Å². The molecule has 5 nitrogen and oxygen atoms in total. The van der Waals surface area contributed by atoms with Gasteiger partial charge in [-0.15, -0.1) is 8.78 Å². The molecule has 0 bridgehead atoms. The van der Waals surface area contributed by atoms with Crippen molar-refractivity contribution in [1.82, 2.24) is 5.32 Å². The number of carbonyl (C=O) groups excluding carboxylic acids is 2. The molecule has 1 saturated heterocycles. The average Bonchev–Trinajstić information content (AvgIpc) is 2.89. The Morgan fingerprint density at radius 3 is 2.41 bits per heavy atom. The molecule has 0 aromatic heterocycles. The van der Waals surface area contributed by atoms with Crippen LogP contribution in [-0.4, -0.2) is 30.0 Å². The summed E-state index contributed by atoms with van der Waals surface area (Å²) in [4.78, 5) is 25.8. The molecule has 2 aromatic rings. The lowest BCUT2D eigenvalue weighted by Crippen LogP contribution is -2.39. The van der Waals surface area contributed by atoms with E-state index in [1.165, 1.54) is 24.3 Å². The van der Waals surface area contributed by atoms with Crippen molar-refractivity contribution in [3.8, 4) is 5.75 Å². The van der Waals surface area contributed by atoms with Gasteiger partial charge in [-0.05, 0) is 42.8 Å². The molecular weight excluding hydrogens is 378 g/mol. The lowest BCUT2D eigenvalue weighted by Gasteiger charge is -2.17. The Bertz CT molecular complexity index is 810. The Morgan fingerprint density at radius 2 is 1.78 bits per heavy atom. The average molecular weight is 395 g/mol. The van der Waals surface area contributed by atoms with Gasteiger partial charge in [0.15, 0.2) is 0 Å². The Hall–Kier alpha value is -2.51. The minimum absolute atomic E-state index is 0.0472. The molecule has 0 saturated carbocycles. The van der Waals surface area contributed by atoms with Crippen molar-refractivity contribution in [2.75, 3.05) is 11.4 Å². The molecule has 2 amide bonds. The van der Waals surface area contributed by atoms with Crippen molar-refractivity contribution in [1.29, 1.82) is 0 Å². The second-order valence-corrected chi connectivity index (χ2v) is 6.50. The molecule has 1 heterocycles. The van der Waals surface area contributed by atoms with E-state index in [0.29, 0.717) is 12.2 Å². The van der Waals surface area contributed by atoms with Crippen LogP contribution in [0.4, 0.5) is 14.5 Å². The summed E-state index contributed by atoms with van der Waals surface area (Å²) in [6.45, 7) is 0.555. The van der Waals surface area contributed by atoms with E-state index >= 15 is 0 Å². The highest BCUT2D eigenvalue weighted by molar-refractivity contribution is 6.22. The van der Waals surface area contributed by atoms with Crippen LogP contribution in [0.3, 0.4) is 0 Å². The zero-order valence-electron chi connectivity index (χ0n) is 14.2. The fraction of sp³-hybridized carbons (Fsp3) is 0.263. The van der Waals surface area contributed by atoms with Crippen LogP contribution in [0.2, 0.25) is 0 Å². The smallest absolute Gasteiger partial charge is 0.420 e. The van der Waals surface area contributed by atoms with Gasteiger partial charge in [0.1, 0.15) is 5.75 Å². The van der Waals surface area contributed by atoms with Crippen LogP contribution in [0.5, 0.6) is 5.75 Å². The fourth-order valence-electron chi connectivity index (χ4n) is 2.89. The van der Waals surface area contributed by atoms with Gasteiger partial charge in [0.05, 0.1) is 18.2 Å². The third-order valence-corrected chi connectivity index (χ3v) is 4.20. The van der Waals surface area contributed by atoms with Gasteiger partial charge in [-0.25, -0.2) is 4.90 Å². The Labute approximate surface area is 159 Å². The molecule has 0 radical (unpaired) electrons. The summed E-state index contributed by atoms with van der Waals surface area (Å²) in [6, 6.07) is 14.4. The fourth-order valence-corrected chi connectivity index (χ4v) is 2.98. The van der Waals surface area contributed by atoms with Crippen molar-refractivity contribution in [3.63, 3.8) is 0 Å². The standard InChI is InChI=1S/C19H17ClF2N2O3/c20-19(21,22)27-15-8-6-14(7-9-15)24-17(25)12-16(18(24)26)23-11-10-13-4-2-1-3-5-13/h1-9,16,23H,10-12H2. The molecule has 3 rings (SSSR count). The Morgan fingerprint density at radius 1 is 1.11 bits per heavy atom. The van der Waals surface area contributed by atoms with Crippen molar-refractivity contribution >= 4 is 29.1 Å². The molecule has 0 spiro atoms. The highest BCUT2D eigenvalue weighted by atomic mass is 35.5. The number of ether oxygens (including phenoxy) is 1. The van der Waals surface area contributed by atoms with E-state index < -0.39 is 11.6 Å². The van der Waals surface area contributed by atoms with E-state index in [1.807, 2.05) is 30.3 Å². The van der Waals surface area contributed by atoms with Gasteiger partial charge in [-0.1, -0.05) is 30.3 Å². The van der Waals surface area contributed by atoms with Crippen LogP contribution in [-0.2, 0) is 16.0 Å². The van der Waals surface area contributed by atoms with E-state index in [2.05, 4.69) is 10.1 Å². The first kappa shape index (κ1) is 19.3. The number of benzene rings is 2. The molecule has 27 heavy (non-hydrogen) atoms. The van der Waals surface area contributed by atoms with Crippen molar-refractivity contribution in [2.24, 2.45) is 0 Å². The van der Waals surface area contributed by atoms with Crippen LogP contribution in [0.1, 0.15) is 12.0 Å². The minimum Gasteiger partial charge on any atom is -0.420 e. The second-order valence-electron chi connectivity index (χ2n) is 6.06. The highest BCUT2D eigenvalue weighted by Crippen LogP contribution is 2.29. The van der Waals surface area contributed by atoms with Gasteiger partial charge in [0, 0.05) is 11.6 Å². The number of hydrogen-bond acceptors (Lipinski definition) is 4. The number of imide groups is 1. The van der Waals surface area contributed by atoms with Crippen molar-refractivity contribution in [2.45, 2.75) is 24.5 Å². The van der Waals surface area contributed by atoms with Gasteiger partial charge in [-0.3, -0.25) is 9.59 Å². The highest BCUT2D eigenvalue weighted by Gasteiger charge is 2.39. The molecular formula is C19H17ClF2N2O3. The molecule has 142 valence electrons. The Balaban J connectivity index is 1.60. The zero-order valence-corrected chi connectivity index (χ0v) is 15.0. The maximum absolute atomic E-state index is 12.6. The Kier molecular flexibility index (Phi) is 5.72. The summed E-state index contributed by atoms with van der Waals surface area (Å²) in [5.41, 5.74) is -2.40. The number of carbonyl (C=O) groups is 2. The molecule has 1 unspecified atom stereocenters. The van der Waals surface area contributed by atoms with Crippen LogP contribution in [0, 0.1) is 0 Å². The quantitative estimate of drug-likeness (QED) is 0.578. The maximum atomic E-state index is 12.6. The summed E-state index contributed by atoms with van der Waals surface area (Å²) < 4.78 is 29.5. The van der Waals surface area contributed by atoms with Gasteiger partial charge in [0.25, 0.3) is 5.91 Å². The maximum Gasteiger partial charge on any atom is 0.487 e. The number of halogens is 3. The van der Waals surface area contributed by atoms with Crippen LogP contribution < -0.4 is 15.0 Å². The minimum atomic E-state index is -3.82. The van der Waals surface area contributed by atoms with E-state index in [0.717, 1.165) is 16.9 Å². The van der Waals surface area contributed by atoms with Gasteiger partial charge >= 0.3 is 5.57 Å². The number of hydrogen-bond donors (Lipinski definition) is 1. The van der Waals surface area contributed by atoms with Gasteiger partial charge < -0.3 is 10.1 Å². The summed E-state index contributed by atoms with van der Waals surface area (Å²) in [6.07, 6.45) is 0.781. The normalized spacial score (nSPS) is 17.4. The molecule has 0 aliphatic carbocycles. The van der Waals surface area contributed by atoms with Crippen LogP contribution in [0.15, 0.2) is 54.6 Å². The number of alkyl halides is 3. The molecule has 1 N–H and O–H groups in total. The number of amides is 2. The van der Waals surface area contributed by atoms with Crippen molar-refractivity contribution in [3.05, 3.63) is 60.2 Å². The molecule has 1 aliphatic rings. The van der Waals surface area contributed by atoms with E-state index in [1.54, 1.807) is 0 Å². The van der Waals surface area contributed by atoms with Gasteiger partial charge in [-0.2, -0.15) is 0 Å². The molecule has 1 atom stereocenters. The topological polar surface area (TPSA) is 58.6 Å². The summed E-state index contributed by atoms with van der Waals surface area (Å²) in [5, 5.41) is 3.10. The first-order valence-corrected chi connectivity index (χ1v) is 8.71. The predicted molar refractivity (Wildman–Crippen MR) is 96.9 cm³/mol. The second kappa shape index (κ2) is 8.02. The summed E-state index contributed by atoms with van der Waals surface area (Å²) in [5.74, 6) is -0.895. The first-order chi connectivity index (χ1) is 12.8. The largest absolute Gasteiger partial charge is 0.487 e. The summed E-state index contributed by atoms with van der Waals surface area (Å²) in [7, 11) is 0. The molecule has 1 fully saturated rings. The first-order valence-electron chi connectivity index (χ1n) is 8.33. The molecule has 1 aliphatic heterocycles. The van der Waals surface area contributed by atoms with Crippen LogP contribution in [0.25, 0.3) is 0 Å². The van der Waals surface area contributed by atoms with E-state index in [-0.39, 0.29) is 24.0 Å². The lowest BCUT2D eigenvalue weighted by atomic mass is 10.1. The monoisotopic (exact) mass is 394 g/mol. The molecule has 2 aromatic carbocycles. The molecule has 8 heteroatoms. The lowest BCUT2D eigenvalue weighted by molar-refractivity contribution is -0.121. The third-order valence-electron chi connectivity index (χ3n) is 4.12.